The molecule has 1 aromatic rings. The Morgan fingerprint density at radius 3 is 2.94 bits per heavy atom. The first-order chi connectivity index (χ1) is 7.63. The number of hydrogen-bond acceptors (Lipinski definition) is 3. The third-order valence-corrected chi connectivity index (χ3v) is 2.17. The van der Waals surface area contributed by atoms with Gasteiger partial charge < -0.3 is 14.8 Å². The Morgan fingerprint density at radius 1 is 1.56 bits per heavy atom. The first-order valence-electron chi connectivity index (χ1n) is 4.53. The predicted octanol–water partition coefficient (Wildman–Crippen LogP) is 2.32. The minimum absolute atomic E-state index is 0.113. The minimum Gasteiger partial charge on any atom is -0.407 e. The van der Waals surface area contributed by atoms with E-state index in [1.54, 1.807) is 6.07 Å². The van der Waals surface area contributed by atoms with Gasteiger partial charge in [-0.2, -0.15) is 0 Å². The van der Waals surface area contributed by atoms with Crippen molar-refractivity contribution in [1.29, 1.82) is 0 Å². The fourth-order valence-corrected chi connectivity index (χ4v) is 1.28. The normalized spacial score (nSPS) is 9.94. The van der Waals surface area contributed by atoms with E-state index in [4.69, 9.17) is 9.47 Å². The van der Waals surface area contributed by atoms with Crippen molar-refractivity contribution in [2.45, 2.75) is 0 Å². The van der Waals surface area contributed by atoms with Gasteiger partial charge in [0.05, 0.1) is 6.61 Å². The topological polar surface area (TPSA) is 47.6 Å². The summed E-state index contributed by atoms with van der Waals surface area (Å²) < 4.78 is 23.3. The molecule has 0 aromatic heterocycles. The van der Waals surface area contributed by atoms with Crippen LogP contribution in [0.15, 0.2) is 22.7 Å². The highest BCUT2D eigenvalue weighted by Gasteiger charge is 2.08. The molecule has 88 valence electrons. The molecule has 1 N–H and O–H groups in total. The zero-order chi connectivity index (χ0) is 12.0. The Hall–Kier alpha value is -1.14. The van der Waals surface area contributed by atoms with Gasteiger partial charge >= 0.3 is 6.09 Å². The van der Waals surface area contributed by atoms with E-state index in [2.05, 4.69) is 21.2 Å². The van der Waals surface area contributed by atoms with Crippen LogP contribution in [0.5, 0.6) is 5.75 Å². The molecule has 6 heteroatoms. The third kappa shape index (κ3) is 4.16. The number of nitrogens with one attached hydrogen (secondary N) is 1. The van der Waals surface area contributed by atoms with Crippen molar-refractivity contribution in [2.75, 3.05) is 20.3 Å². The first kappa shape index (κ1) is 12.9. The van der Waals surface area contributed by atoms with E-state index in [-0.39, 0.29) is 5.75 Å². The molecule has 0 bridgehead atoms. The van der Waals surface area contributed by atoms with Crippen LogP contribution in [0.4, 0.5) is 9.18 Å². The van der Waals surface area contributed by atoms with Gasteiger partial charge in [0.25, 0.3) is 0 Å². The number of carbonyl (C=O) groups excluding carboxylic acids is 1. The van der Waals surface area contributed by atoms with E-state index in [0.29, 0.717) is 17.6 Å². The van der Waals surface area contributed by atoms with Crippen LogP contribution in [-0.4, -0.2) is 26.4 Å². The summed E-state index contributed by atoms with van der Waals surface area (Å²) in [4.78, 5) is 11.2. The molecule has 0 aliphatic heterocycles. The second-order valence-electron chi connectivity index (χ2n) is 2.88. The molecule has 0 aliphatic rings. The predicted molar refractivity (Wildman–Crippen MR) is 60.0 cm³/mol. The lowest BCUT2D eigenvalue weighted by atomic mass is 10.3. The molecule has 0 aliphatic carbocycles. The van der Waals surface area contributed by atoms with E-state index in [1.165, 1.54) is 19.2 Å². The number of benzene rings is 1. The Bertz CT molecular complexity index is 373. The number of rotatable bonds is 4. The molecule has 1 aromatic carbocycles. The lowest BCUT2D eigenvalue weighted by molar-refractivity contribution is 0.179. The summed E-state index contributed by atoms with van der Waals surface area (Å²) in [5, 5.41) is 2.41. The summed E-state index contributed by atoms with van der Waals surface area (Å²) in [7, 11) is 1.52. The molecule has 0 atom stereocenters. The maximum absolute atomic E-state index is 13.2. The second-order valence-corrected chi connectivity index (χ2v) is 3.80. The van der Waals surface area contributed by atoms with Gasteiger partial charge in [-0.15, -0.1) is 0 Å². The van der Waals surface area contributed by atoms with Gasteiger partial charge in [-0.1, -0.05) is 15.9 Å². The van der Waals surface area contributed by atoms with Crippen LogP contribution in [0.3, 0.4) is 0 Å². The molecule has 0 unspecified atom stereocenters. The van der Waals surface area contributed by atoms with E-state index < -0.39 is 11.9 Å². The highest BCUT2D eigenvalue weighted by atomic mass is 79.9. The number of amides is 1. The summed E-state index contributed by atoms with van der Waals surface area (Å²) in [6, 6.07) is 4.17. The van der Waals surface area contributed by atoms with Gasteiger partial charge in [-0.05, 0) is 18.2 Å². The highest BCUT2D eigenvalue weighted by molar-refractivity contribution is 9.10. The quantitative estimate of drug-likeness (QED) is 0.866. The Labute approximate surface area is 101 Å². The summed E-state index contributed by atoms with van der Waals surface area (Å²) >= 11 is 3.10. The number of hydrogen-bond donors (Lipinski definition) is 1. The molecular formula is C10H11BrFNO3. The van der Waals surface area contributed by atoms with Crippen molar-refractivity contribution in [3.05, 3.63) is 28.5 Å². The van der Waals surface area contributed by atoms with Gasteiger partial charge in [0.15, 0.2) is 11.6 Å². The molecule has 0 saturated heterocycles. The smallest absolute Gasteiger partial charge is 0.407 e. The van der Waals surface area contributed by atoms with Gasteiger partial charge in [-0.3, -0.25) is 0 Å². The third-order valence-electron chi connectivity index (χ3n) is 1.67. The van der Waals surface area contributed by atoms with Crippen molar-refractivity contribution in [3.63, 3.8) is 0 Å². The summed E-state index contributed by atoms with van der Waals surface area (Å²) in [5.41, 5.74) is 0. The lowest BCUT2D eigenvalue weighted by Gasteiger charge is -2.06. The molecule has 16 heavy (non-hydrogen) atoms. The molecule has 0 radical (unpaired) electrons. The zero-order valence-electron chi connectivity index (χ0n) is 8.63. The Morgan fingerprint density at radius 2 is 2.31 bits per heavy atom. The average Bonchev–Trinajstić information content (AvgIpc) is 2.23. The summed E-state index contributed by atoms with van der Waals surface area (Å²) in [6.07, 6.45) is -0.710. The van der Waals surface area contributed by atoms with Crippen LogP contribution in [-0.2, 0) is 4.74 Å². The standard InChI is InChI=1S/C10H11BrFNO3/c1-15-5-4-13-10(14)16-9-3-2-7(11)6-8(9)12/h2-3,6H,4-5H2,1H3,(H,13,14). The molecule has 4 nitrogen and oxygen atoms in total. The van der Waals surface area contributed by atoms with Crippen LogP contribution < -0.4 is 10.1 Å². The number of methoxy groups -OCH3 is 1. The van der Waals surface area contributed by atoms with Crippen molar-refractivity contribution in [2.24, 2.45) is 0 Å². The van der Waals surface area contributed by atoms with E-state index in [9.17, 15) is 9.18 Å². The van der Waals surface area contributed by atoms with Crippen molar-refractivity contribution in [3.8, 4) is 5.75 Å². The fourth-order valence-electron chi connectivity index (χ4n) is 0.949. The molecular weight excluding hydrogens is 281 g/mol. The molecule has 1 rings (SSSR count). The van der Waals surface area contributed by atoms with Gasteiger partial charge in [0.2, 0.25) is 0 Å². The van der Waals surface area contributed by atoms with Crippen LogP contribution in [0.2, 0.25) is 0 Å². The monoisotopic (exact) mass is 291 g/mol. The van der Waals surface area contributed by atoms with Crippen LogP contribution >= 0.6 is 15.9 Å². The molecule has 0 heterocycles. The zero-order valence-corrected chi connectivity index (χ0v) is 10.2. The number of carbonyl (C=O) groups is 1. The SMILES string of the molecule is COCCNC(=O)Oc1ccc(Br)cc1F. The maximum Gasteiger partial charge on any atom is 0.412 e. The lowest BCUT2D eigenvalue weighted by Crippen LogP contribution is -2.30. The second kappa shape index (κ2) is 6.44. The van der Waals surface area contributed by atoms with E-state index >= 15 is 0 Å². The molecule has 0 spiro atoms. The van der Waals surface area contributed by atoms with E-state index in [1.807, 2.05) is 0 Å². The van der Waals surface area contributed by atoms with Gasteiger partial charge in [0.1, 0.15) is 0 Å². The maximum atomic E-state index is 13.2. The van der Waals surface area contributed by atoms with Crippen molar-refractivity contribution < 1.29 is 18.7 Å². The van der Waals surface area contributed by atoms with Gasteiger partial charge in [0, 0.05) is 18.1 Å². The van der Waals surface area contributed by atoms with Crippen LogP contribution in [0, 0.1) is 5.82 Å². The molecule has 1 amide bonds. The van der Waals surface area contributed by atoms with Crippen LogP contribution in [0.25, 0.3) is 0 Å². The minimum atomic E-state index is -0.710. The average molecular weight is 292 g/mol. The fraction of sp³-hybridized carbons (Fsp3) is 0.300. The number of ether oxygens (including phenoxy) is 2. The van der Waals surface area contributed by atoms with Crippen molar-refractivity contribution in [1.82, 2.24) is 5.32 Å². The number of halogens is 2. The largest absolute Gasteiger partial charge is 0.412 e. The van der Waals surface area contributed by atoms with E-state index in [0.717, 1.165) is 0 Å². The van der Waals surface area contributed by atoms with Gasteiger partial charge in [-0.25, -0.2) is 9.18 Å². The molecule has 0 saturated carbocycles. The highest BCUT2D eigenvalue weighted by Crippen LogP contribution is 2.21. The summed E-state index contributed by atoms with van der Waals surface area (Å²) in [5.74, 6) is -0.714. The first-order valence-corrected chi connectivity index (χ1v) is 5.32. The Balaban J connectivity index is 2.49. The van der Waals surface area contributed by atoms with Crippen molar-refractivity contribution >= 4 is 22.0 Å². The molecule has 0 fully saturated rings. The summed E-state index contributed by atoms with van der Waals surface area (Å²) in [6.45, 7) is 0.686. The van der Waals surface area contributed by atoms with Crippen LogP contribution in [0.1, 0.15) is 0 Å². The Kier molecular flexibility index (Phi) is 5.21.